The van der Waals surface area contributed by atoms with Crippen LogP contribution in [0.2, 0.25) is 0 Å². The third-order valence-electron chi connectivity index (χ3n) is 2.91. The van der Waals surface area contributed by atoms with Crippen molar-refractivity contribution in [3.8, 4) is 6.07 Å². The largest absolute Gasteiger partial charge is 0.325 e. The molecule has 118 valence electrons. The maximum Gasteiger partial charge on any atom is 0.234 e. The van der Waals surface area contributed by atoms with Crippen molar-refractivity contribution in [2.24, 2.45) is 0 Å². The Morgan fingerprint density at radius 2 is 1.91 bits per heavy atom. The first-order valence-electron chi connectivity index (χ1n) is 6.66. The third-order valence-corrected chi connectivity index (χ3v) is 3.88. The summed E-state index contributed by atoms with van der Waals surface area (Å²) in [5, 5.41) is 12.0. The SMILES string of the molecule is Cc1cc(C)c(C#N)c(SCC(=O)Nc2cc(F)cc(F)c2)n1. The molecule has 1 N–H and O–H groups in total. The molecule has 0 aliphatic rings. The topological polar surface area (TPSA) is 65.8 Å². The van der Waals surface area contributed by atoms with E-state index >= 15 is 0 Å². The lowest BCUT2D eigenvalue weighted by molar-refractivity contribution is -0.113. The number of amides is 1. The summed E-state index contributed by atoms with van der Waals surface area (Å²) >= 11 is 1.10. The molecule has 0 fully saturated rings. The molecule has 7 heteroatoms. The number of benzene rings is 1. The number of hydrogen-bond donors (Lipinski definition) is 1. The van der Waals surface area contributed by atoms with Crippen LogP contribution < -0.4 is 5.32 Å². The average molecular weight is 333 g/mol. The minimum absolute atomic E-state index is 0.0251. The number of hydrogen-bond acceptors (Lipinski definition) is 4. The molecule has 1 amide bonds. The van der Waals surface area contributed by atoms with Gasteiger partial charge in [0.05, 0.1) is 11.3 Å². The summed E-state index contributed by atoms with van der Waals surface area (Å²) in [6.45, 7) is 3.60. The van der Waals surface area contributed by atoms with Gasteiger partial charge in [-0.3, -0.25) is 4.79 Å². The van der Waals surface area contributed by atoms with Crippen molar-refractivity contribution in [1.29, 1.82) is 5.26 Å². The van der Waals surface area contributed by atoms with E-state index in [4.69, 9.17) is 5.26 Å². The number of carbonyl (C=O) groups is 1. The Balaban J connectivity index is 2.06. The van der Waals surface area contributed by atoms with E-state index in [1.54, 1.807) is 19.9 Å². The lowest BCUT2D eigenvalue weighted by atomic mass is 10.1. The first-order chi connectivity index (χ1) is 10.9. The average Bonchev–Trinajstić information content (AvgIpc) is 2.43. The number of nitriles is 1. The van der Waals surface area contributed by atoms with E-state index in [0.717, 1.165) is 41.2 Å². The number of nitrogens with zero attached hydrogens (tertiary/aromatic N) is 2. The summed E-state index contributed by atoms with van der Waals surface area (Å²) in [5.41, 5.74) is 2.00. The molecule has 2 aromatic rings. The minimum atomic E-state index is -0.768. The first kappa shape index (κ1) is 16.9. The van der Waals surface area contributed by atoms with E-state index < -0.39 is 17.5 Å². The van der Waals surface area contributed by atoms with Crippen molar-refractivity contribution in [2.45, 2.75) is 18.9 Å². The molecule has 0 saturated carbocycles. The number of halogens is 2. The number of pyridine rings is 1. The van der Waals surface area contributed by atoms with E-state index in [9.17, 15) is 13.6 Å². The van der Waals surface area contributed by atoms with Gasteiger partial charge in [-0.1, -0.05) is 11.8 Å². The monoisotopic (exact) mass is 333 g/mol. The van der Waals surface area contributed by atoms with E-state index in [1.165, 1.54) is 0 Å². The van der Waals surface area contributed by atoms with Crippen molar-refractivity contribution in [2.75, 3.05) is 11.1 Å². The highest BCUT2D eigenvalue weighted by Gasteiger charge is 2.12. The van der Waals surface area contributed by atoms with Crippen LogP contribution in [0.25, 0.3) is 0 Å². The quantitative estimate of drug-likeness (QED) is 0.869. The summed E-state index contributed by atoms with van der Waals surface area (Å²) < 4.78 is 26.1. The van der Waals surface area contributed by atoms with Crippen LogP contribution in [0.1, 0.15) is 16.8 Å². The molecule has 0 spiro atoms. The number of rotatable bonds is 4. The molecular formula is C16H13F2N3OS. The third kappa shape index (κ3) is 4.50. The van der Waals surface area contributed by atoms with Gasteiger partial charge in [-0.2, -0.15) is 5.26 Å². The molecule has 0 bridgehead atoms. The van der Waals surface area contributed by atoms with Crippen molar-refractivity contribution in [1.82, 2.24) is 4.98 Å². The van der Waals surface area contributed by atoms with E-state index in [0.29, 0.717) is 10.6 Å². The van der Waals surface area contributed by atoms with Gasteiger partial charge in [-0.15, -0.1) is 0 Å². The van der Waals surface area contributed by atoms with Gasteiger partial charge in [-0.25, -0.2) is 13.8 Å². The summed E-state index contributed by atoms with van der Waals surface area (Å²) in [6, 6.07) is 6.64. The van der Waals surface area contributed by atoms with Gasteiger partial charge in [0.25, 0.3) is 0 Å². The molecule has 2 rings (SSSR count). The van der Waals surface area contributed by atoms with Crippen molar-refractivity contribution in [3.05, 3.63) is 52.7 Å². The molecule has 0 aliphatic heterocycles. The number of aryl methyl sites for hydroxylation is 2. The van der Waals surface area contributed by atoms with Crippen LogP contribution in [-0.4, -0.2) is 16.6 Å². The number of nitrogens with one attached hydrogen (secondary N) is 1. The minimum Gasteiger partial charge on any atom is -0.325 e. The summed E-state index contributed by atoms with van der Waals surface area (Å²) in [5.74, 6) is -2.00. The van der Waals surface area contributed by atoms with E-state index in [-0.39, 0.29) is 11.4 Å². The second-order valence-electron chi connectivity index (χ2n) is 4.87. The lowest BCUT2D eigenvalue weighted by Gasteiger charge is -2.08. The maximum absolute atomic E-state index is 13.1. The summed E-state index contributed by atoms with van der Waals surface area (Å²) in [7, 11) is 0. The zero-order valence-corrected chi connectivity index (χ0v) is 13.3. The fourth-order valence-corrected chi connectivity index (χ4v) is 2.90. The number of anilines is 1. The Labute approximate surface area is 136 Å². The zero-order chi connectivity index (χ0) is 17.0. The number of aromatic nitrogens is 1. The lowest BCUT2D eigenvalue weighted by Crippen LogP contribution is -2.14. The molecule has 0 unspecified atom stereocenters. The predicted molar refractivity (Wildman–Crippen MR) is 84.1 cm³/mol. The first-order valence-corrected chi connectivity index (χ1v) is 7.64. The Morgan fingerprint density at radius 1 is 1.26 bits per heavy atom. The molecule has 23 heavy (non-hydrogen) atoms. The molecule has 0 radical (unpaired) electrons. The molecular weight excluding hydrogens is 320 g/mol. The van der Waals surface area contributed by atoms with Gasteiger partial charge in [0.2, 0.25) is 5.91 Å². The molecule has 1 aromatic carbocycles. The van der Waals surface area contributed by atoms with Gasteiger partial charge < -0.3 is 5.32 Å². The normalized spacial score (nSPS) is 10.2. The second-order valence-corrected chi connectivity index (χ2v) is 5.83. The van der Waals surface area contributed by atoms with Crippen LogP contribution >= 0.6 is 11.8 Å². The van der Waals surface area contributed by atoms with Gasteiger partial charge in [0.15, 0.2) is 0 Å². The highest BCUT2D eigenvalue weighted by molar-refractivity contribution is 8.00. The zero-order valence-electron chi connectivity index (χ0n) is 12.5. The van der Waals surface area contributed by atoms with Crippen molar-refractivity contribution >= 4 is 23.4 Å². The van der Waals surface area contributed by atoms with Crippen LogP contribution in [0, 0.1) is 36.8 Å². The number of thioether (sulfide) groups is 1. The smallest absolute Gasteiger partial charge is 0.234 e. The van der Waals surface area contributed by atoms with Crippen molar-refractivity contribution in [3.63, 3.8) is 0 Å². The Bertz CT molecular complexity index is 782. The second kappa shape index (κ2) is 7.20. The van der Waals surface area contributed by atoms with Gasteiger partial charge >= 0.3 is 0 Å². The van der Waals surface area contributed by atoms with Crippen LogP contribution in [0.4, 0.5) is 14.5 Å². The summed E-state index contributed by atoms with van der Waals surface area (Å²) in [6.07, 6.45) is 0. The van der Waals surface area contributed by atoms with Gasteiger partial charge in [0, 0.05) is 17.4 Å². The molecule has 0 saturated heterocycles. The fraction of sp³-hybridized carbons (Fsp3) is 0.188. The highest BCUT2D eigenvalue weighted by Crippen LogP contribution is 2.24. The van der Waals surface area contributed by atoms with Gasteiger partial charge in [0.1, 0.15) is 22.7 Å². The maximum atomic E-state index is 13.1. The van der Waals surface area contributed by atoms with E-state index in [1.807, 2.05) is 0 Å². The van der Waals surface area contributed by atoms with Crippen LogP contribution in [0.15, 0.2) is 29.3 Å². The van der Waals surface area contributed by atoms with Crippen molar-refractivity contribution < 1.29 is 13.6 Å². The Morgan fingerprint density at radius 3 is 2.52 bits per heavy atom. The van der Waals surface area contributed by atoms with Crippen LogP contribution in [-0.2, 0) is 4.79 Å². The molecule has 1 aromatic heterocycles. The van der Waals surface area contributed by atoms with E-state index in [2.05, 4.69) is 16.4 Å². The standard InChI is InChI=1S/C16H13F2N3OS/c1-9-3-10(2)20-16(14(9)7-19)23-8-15(22)21-13-5-11(17)4-12(18)6-13/h3-6H,8H2,1-2H3,(H,21,22). The highest BCUT2D eigenvalue weighted by atomic mass is 32.2. The summed E-state index contributed by atoms with van der Waals surface area (Å²) in [4.78, 5) is 16.1. The Kier molecular flexibility index (Phi) is 5.29. The molecule has 0 aliphatic carbocycles. The van der Waals surface area contributed by atoms with Gasteiger partial charge in [-0.05, 0) is 37.6 Å². The predicted octanol–water partition coefficient (Wildman–Crippen LogP) is 3.58. The van der Waals surface area contributed by atoms with Crippen LogP contribution in [0.5, 0.6) is 0 Å². The fourth-order valence-electron chi connectivity index (χ4n) is 2.00. The van der Waals surface area contributed by atoms with Crippen LogP contribution in [0.3, 0.4) is 0 Å². The molecule has 4 nitrogen and oxygen atoms in total. The Hall–Kier alpha value is -2.46. The molecule has 1 heterocycles. The number of carbonyl (C=O) groups excluding carboxylic acids is 1. The molecule has 0 atom stereocenters.